The number of Topliss-reactive ketones (excluding diaryl/α,β-unsaturated/α-hetero) is 1. The third-order valence-electron chi connectivity index (χ3n) is 4.95. The summed E-state index contributed by atoms with van der Waals surface area (Å²) in [5.74, 6) is 4.63. The van der Waals surface area contributed by atoms with E-state index in [2.05, 4.69) is 26.3 Å². The molecule has 0 spiro atoms. The minimum absolute atomic E-state index is 0.0149. The smallest absolute Gasteiger partial charge is 0.244 e. The fourth-order valence-electron chi connectivity index (χ4n) is 3.48. The highest BCUT2D eigenvalue weighted by Gasteiger charge is 2.23. The van der Waals surface area contributed by atoms with Crippen LogP contribution in [0.4, 0.5) is 10.1 Å². The van der Waals surface area contributed by atoms with Gasteiger partial charge in [-0.1, -0.05) is 46.3 Å². The zero-order valence-electron chi connectivity index (χ0n) is 16.8. The summed E-state index contributed by atoms with van der Waals surface area (Å²) in [6.07, 6.45) is 1.69. The number of anilines is 1. The number of nitrogens with two attached hydrogens (primary N) is 1. The third-order valence-corrected chi connectivity index (χ3v) is 5.64. The molecular formula is C24H18BrFN4O2. The average molecular weight is 493 g/mol. The maximum absolute atomic E-state index is 13.2. The van der Waals surface area contributed by atoms with E-state index in [4.69, 9.17) is 5.84 Å². The number of carbonyl (C=O) groups is 2. The van der Waals surface area contributed by atoms with Crippen LogP contribution >= 0.6 is 15.9 Å². The number of aromatic nitrogens is 1. The lowest BCUT2D eigenvalue weighted by Gasteiger charge is -2.07. The van der Waals surface area contributed by atoms with Crippen molar-refractivity contribution in [2.24, 2.45) is 10.9 Å². The highest BCUT2D eigenvalue weighted by Crippen LogP contribution is 2.25. The number of nitrogens with zero attached hydrogens (tertiary/aromatic N) is 2. The van der Waals surface area contributed by atoms with Gasteiger partial charge in [-0.25, -0.2) is 4.39 Å². The summed E-state index contributed by atoms with van der Waals surface area (Å²) < 4.78 is 15.5. The molecule has 0 radical (unpaired) electrons. The van der Waals surface area contributed by atoms with Gasteiger partial charge in [0, 0.05) is 38.4 Å². The van der Waals surface area contributed by atoms with Crippen molar-refractivity contribution >= 4 is 49.9 Å². The number of fused-ring (bicyclic) bond motifs is 1. The topological polar surface area (TPSA) is 89.5 Å². The van der Waals surface area contributed by atoms with E-state index in [0.29, 0.717) is 21.3 Å². The standard InChI is InChI=1S/C24H18BrFN4O2/c25-20-7-3-1-6-18(20)24(32)23(29-27)19-13-30(21-8-4-2-5-17(19)21)14-22(31)28-16-11-9-15(26)10-12-16/h1-13H,14,27H2,(H,28,31)/b29-23+. The molecule has 0 aliphatic heterocycles. The van der Waals surface area contributed by atoms with Gasteiger partial charge in [-0.3, -0.25) is 9.59 Å². The molecule has 160 valence electrons. The molecule has 1 aromatic heterocycles. The number of hydrogen-bond acceptors (Lipinski definition) is 4. The SMILES string of the molecule is N/N=C(/C(=O)c1ccccc1Br)c1cn(CC(=O)Nc2ccc(F)cc2)c2ccccc12. The van der Waals surface area contributed by atoms with E-state index >= 15 is 0 Å². The maximum atomic E-state index is 13.2. The van der Waals surface area contributed by atoms with Crippen LogP contribution in [0, 0.1) is 5.82 Å². The van der Waals surface area contributed by atoms with Crippen LogP contribution in [0.1, 0.15) is 15.9 Å². The van der Waals surface area contributed by atoms with Crippen molar-refractivity contribution in [3.8, 4) is 0 Å². The van der Waals surface area contributed by atoms with E-state index in [-0.39, 0.29) is 29.8 Å². The molecule has 0 bridgehead atoms. The van der Waals surface area contributed by atoms with Crippen molar-refractivity contribution in [2.75, 3.05) is 5.32 Å². The van der Waals surface area contributed by atoms with Crippen LogP contribution in [-0.4, -0.2) is 22.0 Å². The molecule has 0 unspecified atom stereocenters. The Labute approximate surface area is 191 Å². The molecule has 0 aliphatic carbocycles. The first-order chi connectivity index (χ1) is 15.5. The predicted molar refractivity (Wildman–Crippen MR) is 126 cm³/mol. The van der Waals surface area contributed by atoms with Gasteiger partial charge in [-0.2, -0.15) is 5.10 Å². The molecule has 0 atom stereocenters. The number of carbonyl (C=O) groups excluding carboxylic acids is 2. The maximum Gasteiger partial charge on any atom is 0.244 e. The largest absolute Gasteiger partial charge is 0.337 e. The van der Waals surface area contributed by atoms with E-state index in [9.17, 15) is 14.0 Å². The third kappa shape index (κ3) is 4.31. The molecule has 1 heterocycles. The zero-order valence-corrected chi connectivity index (χ0v) is 18.3. The van der Waals surface area contributed by atoms with Crippen LogP contribution < -0.4 is 11.2 Å². The fraction of sp³-hybridized carbons (Fsp3) is 0.0417. The summed E-state index contributed by atoms with van der Waals surface area (Å²) in [7, 11) is 0. The normalized spacial score (nSPS) is 11.5. The first-order valence-corrected chi connectivity index (χ1v) is 10.5. The molecule has 3 aromatic carbocycles. The second kappa shape index (κ2) is 9.15. The molecule has 1 amide bonds. The number of benzene rings is 3. The van der Waals surface area contributed by atoms with Crippen LogP contribution in [0.15, 0.2) is 88.6 Å². The average Bonchev–Trinajstić information content (AvgIpc) is 3.14. The minimum Gasteiger partial charge on any atom is -0.337 e. The van der Waals surface area contributed by atoms with Crippen molar-refractivity contribution in [2.45, 2.75) is 6.54 Å². The number of rotatable bonds is 6. The molecule has 0 fully saturated rings. The number of hydrazone groups is 1. The van der Waals surface area contributed by atoms with Crippen molar-refractivity contribution in [1.29, 1.82) is 0 Å². The molecule has 3 N–H and O–H groups in total. The predicted octanol–water partition coefficient (Wildman–Crippen LogP) is 4.73. The van der Waals surface area contributed by atoms with Gasteiger partial charge in [0.15, 0.2) is 0 Å². The van der Waals surface area contributed by atoms with Crippen LogP contribution in [0.25, 0.3) is 10.9 Å². The Hall–Kier alpha value is -3.78. The Morgan fingerprint density at radius 3 is 2.38 bits per heavy atom. The summed E-state index contributed by atoms with van der Waals surface area (Å²) >= 11 is 3.39. The molecule has 32 heavy (non-hydrogen) atoms. The second-order valence-corrected chi connectivity index (χ2v) is 7.88. The number of para-hydroxylation sites is 1. The van der Waals surface area contributed by atoms with Gasteiger partial charge in [-0.15, -0.1) is 0 Å². The summed E-state index contributed by atoms with van der Waals surface area (Å²) in [5, 5.41) is 7.27. The summed E-state index contributed by atoms with van der Waals surface area (Å²) in [6.45, 7) is -0.0149. The zero-order chi connectivity index (χ0) is 22.7. The summed E-state index contributed by atoms with van der Waals surface area (Å²) in [5.41, 5.74) is 2.28. The Kier molecular flexibility index (Phi) is 6.13. The van der Waals surface area contributed by atoms with Crippen molar-refractivity contribution in [3.05, 3.63) is 100 Å². The van der Waals surface area contributed by atoms with Gasteiger partial charge in [0.25, 0.3) is 0 Å². The highest BCUT2D eigenvalue weighted by atomic mass is 79.9. The number of amides is 1. The van der Waals surface area contributed by atoms with E-state index in [0.717, 1.165) is 10.9 Å². The Bertz CT molecular complexity index is 1350. The van der Waals surface area contributed by atoms with E-state index in [1.54, 1.807) is 29.0 Å². The lowest BCUT2D eigenvalue weighted by molar-refractivity contribution is -0.116. The first kappa shape index (κ1) is 21.5. The molecule has 0 saturated heterocycles. The number of halogens is 2. The van der Waals surface area contributed by atoms with Crippen molar-refractivity contribution in [1.82, 2.24) is 4.57 Å². The molecule has 6 nitrogen and oxygen atoms in total. The van der Waals surface area contributed by atoms with Gasteiger partial charge >= 0.3 is 0 Å². The van der Waals surface area contributed by atoms with E-state index in [1.807, 2.05) is 30.3 Å². The molecule has 8 heteroatoms. The van der Waals surface area contributed by atoms with Crippen molar-refractivity contribution < 1.29 is 14.0 Å². The molecular weight excluding hydrogens is 475 g/mol. The van der Waals surface area contributed by atoms with Crippen LogP contribution in [0.3, 0.4) is 0 Å². The van der Waals surface area contributed by atoms with Gasteiger partial charge in [0.2, 0.25) is 11.7 Å². The second-order valence-electron chi connectivity index (χ2n) is 7.03. The monoisotopic (exact) mass is 492 g/mol. The van der Waals surface area contributed by atoms with E-state index in [1.165, 1.54) is 24.3 Å². The Balaban J connectivity index is 1.68. The van der Waals surface area contributed by atoms with E-state index < -0.39 is 0 Å². The Morgan fingerprint density at radius 1 is 0.969 bits per heavy atom. The fourth-order valence-corrected chi connectivity index (χ4v) is 3.94. The van der Waals surface area contributed by atoms with Gasteiger partial charge in [-0.05, 0) is 42.5 Å². The molecule has 4 rings (SSSR count). The number of nitrogens with one attached hydrogen (secondary N) is 1. The molecule has 4 aromatic rings. The summed E-state index contributed by atoms with van der Waals surface area (Å²) in [6, 6.07) is 19.9. The lowest BCUT2D eigenvalue weighted by Crippen LogP contribution is -2.19. The highest BCUT2D eigenvalue weighted by molar-refractivity contribution is 9.10. The number of hydrogen-bond donors (Lipinski definition) is 2. The van der Waals surface area contributed by atoms with Gasteiger partial charge in [0.05, 0.1) is 0 Å². The minimum atomic E-state index is -0.382. The summed E-state index contributed by atoms with van der Waals surface area (Å²) in [4.78, 5) is 25.8. The van der Waals surface area contributed by atoms with Gasteiger partial charge < -0.3 is 15.7 Å². The van der Waals surface area contributed by atoms with Crippen LogP contribution in [0.5, 0.6) is 0 Å². The van der Waals surface area contributed by atoms with Crippen LogP contribution in [0.2, 0.25) is 0 Å². The quantitative estimate of drug-likeness (QED) is 0.176. The first-order valence-electron chi connectivity index (χ1n) is 9.68. The molecule has 0 aliphatic rings. The van der Waals surface area contributed by atoms with Crippen LogP contribution in [-0.2, 0) is 11.3 Å². The lowest BCUT2D eigenvalue weighted by atomic mass is 10.0. The van der Waals surface area contributed by atoms with Gasteiger partial charge in [0.1, 0.15) is 18.1 Å². The molecule has 0 saturated carbocycles. The number of ketones is 1. The Morgan fingerprint density at radius 2 is 1.66 bits per heavy atom. The van der Waals surface area contributed by atoms with Crippen molar-refractivity contribution in [3.63, 3.8) is 0 Å².